The number of nitrogens with one attached hydrogen (secondary N) is 1. The number of hydrogen-bond acceptors (Lipinski definition) is 6. The van der Waals surface area contributed by atoms with Crippen molar-refractivity contribution >= 4 is 22.6 Å². The van der Waals surface area contributed by atoms with Crippen LogP contribution in [-0.2, 0) is 22.6 Å². The molecular formula is C18H17N3O5. The van der Waals surface area contributed by atoms with E-state index >= 15 is 0 Å². The van der Waals surface area contributed by atoms with E-state index in [-0.39, 0.29) is 18.6 Å². The smallest absolute Gasteiger partial charge is 0.341 e. The largest absolute Gasteiger partial charge is 0.465 e. The number of rotatable bonds is 5. The Hall–Kier alpha value is -3.42. The van der Waals surface area contributed by atoms with Gasteiger partial charge in [0.05, 0.1) is 25.2 Å². The Kier molecular flexibility index (Phi) is 4.83. The van der Waals surface area contributed by atoms with Crippen LogP contribution in [0.2, 0.25) is 0 Å². The van der Waals surface area contributed by atoms with Crippen LogP contribution in [-0.4, -0.2) is 28.8 Å². The molecule has 2 heterocycles. The topological polar surface area (TPSA) is 103 Å². The Bertz CT molecular complexity index is 1030. The number of hydrogen-bond donors (Lipinski definition) is 1. The molecule has 0 atom stereocenters. The third-order valence-electron chi connectivity index (χ3n) is 3.89. The van der Waals surface area contributed by atoms with E-state index < -0.39 is 11.9 Å². The first-order chi connectivity index (χ1) is 12.5. The van der Waals surface area contributed by atoms with Crippen molar-refractivity contribution in [3.8, 4) is 0 Å². The van der Waals surface area contributed by atoms with Gasteiger partial charge >= 0.3 is 5.97 Å². The molecule has 1 N–H and O–H groups in total. The molecule has 0 saturated heterocycles. The summed E-state index contributed by atoms with van der Waals surface area (Å²) in [4.78, 5) is 36.0. The summed E-state index contributed by atoms with van der Waals surface area (Å²) in [6, 6.07) is 8.56. The summed E-state index contributed by atoms with van der Waals surface area (Å²) in [5.74, 6) is -0.0807. The van der Waals surface area contributed by atoms with Gasteiger partial charge < -0.3 is 14.5 Å². The summed E-state index contributed by atoms with van der Waals surface area (Å²) in [6.07, 6.45) is 1.54. The summed E-state index contributed by atoms with van der Waals surface area (Å²) in [5.41, 5.74) is -0.0239. The third kappa shape index (κ3) is 3.49. The maximum atomic E-state index is 12.3. The van der Waals surface area contributed by atoms with E-state index in [4.69, 9.17) is 4.42 Å². The lowest BCUT2D eigenvalue weighted by Crippen LogP contribution is -2.33. The van der Waals surface area contributed by atoms with Crippen LogP contribution < -0.4 is 10.9 Å². The van der Waals surface area contributed by atoms with Crippen LogP contribution in [0.4, 0.5) is 0 Å². The van der Waals surface area contributed by atoms with E-state index in [1.807, 2.05) is 6.07 Å². The number of furan rings is 1. The SMILES string of the molecule is COC(=O)c1cc(CNC(=O)Cn2ncc3ccccc3c2=O)oc1C. The second-order valence-electron chi connectivity index (χ2n) is 5.65. The van der Waals surface area contributed by atoms with Gasteiger partial charge in [-0.1, -0.05) is 18.2 Å². The number of nitrogens with zero attached hydrogens (tertiary/aromatic N) is 2. The number of aromatic nitrogens is 2. The van der Waals surface area contributed by atoms with E-state index in [0.29, 0.717) is 22.5 Å². The van der Waals surface area contributed by atoms with E-state index in [1.165, 1.54) is 13.2 Å². The zero-order chi connectivity index (χ0) is 18.7. The van der Waals surface area contributed by atoms with Crippen LogP contribution in [0.5, 0.6) is 0 Å². The molecule has 0 aliphatic rings. The number of fused-ring (bicyclic) bond motifs is 1. The molecule has 134 valence electrons. The highest BCUT2D eigenvalue weighted by Crippen LogP contribution is 2.15. The van der Waals surface area contributed by atoms with Gasteiger partial charge in [0.25, 0.3) is 5.56 Å². The van der Waals surface area contributed by atoms with Gasteiger partial charge in [-0.2, -0.15) is 5.10 Å². The molecule has 0 fully saturated rings. The first-order valence-corrected chi connectivity index (χ1v) is 7.89. The zero-order valence-corrected chi connectivity index (χ0v) is 14.3. The van der Waals surface area contributed by atoms with Crippen molar-refractivity contribution in [2.24, 2.45) is 0 Å². The normalized spacial score (nSPS) is 10.7. The third-order valence-corrected chi connectivity index (χ3v) is 3.89. The average Bonchev–Trinajstić information content (AvgIpc) is 3.02. The van der Waals surface area contributed by atoms with Crippen molar-refractivity contribution in [1.82, 2.24) is 15.1 Å². The number of carbonyl (C=O) groups excluding carboxylic acids is 2. The molecule has 26 heavy (non-hydrogen) atoms. The van der Waals surface area contributed by atoms with Crippen molar-refractivity contribution in [2.75, 3.05) is 7.11 Å². The molecule has 3 rings (SSSR count). The van der Waals surface area contributed by atoms with E-state index in [1.54, 1.807) is 31.3 Å². The van der Waals surface area contributed by atoms with Crippen LogP contribution >= 0.6 is 0 Å². The van der Waals surface area contributed by atoms with Gasteiger partial charge in [0.1, 0.15) is 23.6 Å². The van der Waals surface area contributed by atoms with Crippen molar-refractivity contribution in [1.29, 1.82) is 0 Å². The lowest BCUT2D eigenvalue weighted by Gasteiger charge is -2.06. The van der Waals surface area contributed by atoms with Crippen molar-refractivity contribution < 1.29 is 18.7 Å². The van der Waals surface area contributed by atoms with Crippen LogP contribution in [0.15, 0.2) is 45.7 Å². The van der Waals surface area contributed by atoms with E-state index in [2.05, 4.69) is 15.2 Å². The van der Waals surface area contributed by atoms with Crippen LogP contribution in [0.3, 0.4) is 0 Å². The Labute approximate surface area is 148 Å². The van der Waals surface area contributed by atoms with Crippen LogP contribution in [0, 0.1) is 6.92 Å². The highest BCUT2D eigenvalue weighted by Gasteiger charge is 2.16. The molecule has 2 aromatic heterocycles. The average molecular weight is 355 g/mol. The molecule has 1 amide bonds. The maximum Gasteiger partial charge on any atom is 0.341 e. The Morgan fingerprint density at radius 2 is 2.08 bits per heavy atom. The number of ether oxygens (including phenoxy) is 1. The van der Waals surface area contributed by atoms with Gasteiger partial charge in [0, 0.05) is 5.39 Å². The fourth-order valence-corrected chi connectivity index (χ4v) is 2.56. The Morgan fingerprint density at radius 3 is 2.85 bits per heavy atom. The minimum atomic E-state index is -0.504. The highest BCUT2D eigenvalue weighted by molar-refractivity contribution is 5.90. The first kappa shape index (κ1) is 17.4. The number of carbonyl (C=O) groups is 2. The number of amides is 1. The Balaban J connectivity index is 1.67. The molecule has 8 heteroatoms. The number of aryl methyl sites for hydroxylation is 1. The molecule has 8 nitrogen and oxygen atoms in total. The fraction of sp³-hybridized carbons (Fsp3) is 0.222. The number of esters is 1. The lowest BCUT2D eigenvalue weighted by molar-refractivity contribution is -0.122. The molecule has 0 saturated carbocycles. The molecule has 1 aromatic carbocycles. The summed E-state index contributed by atoms with van der Waals surface area (Å²) in [7, 11) is 1.28. The van der Waals surface area contributed by atoms with Gasteiger partial charge in [-0.25, -0.2) is 9.48 Å². The minimum absolute atomic E-state index is 0.0823. The van der Waals surface area contributed by atoms with Crippen molar-refractivity contribution in [3.63, 3.8) is 0 Å². The van der Waals surface area contributed by atoms with Gasteiger partial charge in [0.15, 0.2) is 0 Å². The first-order valence-electron chi connectivity index (χ1n) is 7.89. The van der Waals surface area contributed by atoms with Gasteiger partial charge in [0.2, 0.25) is 5.91 Å². The van der Waals surface area contributed by atoms with Gasteiger partial charge in [-0.05, 0) is 19.1 Å². The molecular weight excluding hydrogens is 338 g/mol. The standard InChI is InChI=1S/C18H17N3O5/c1-11-15(18(24)25-2)7-13(26-11)9-19-16(22)10-21-17(23)14-6-4-3-5-12(14)8-20-21/h3-8H,9-10H2,1-2H3,(H,19,22). The van der Waals surface area contributed by atoms with Gasteiger partial charge in [-0.15, -0.1) is 0 Å². The summed E-state index contributed by atoms with van der Waals surface area (Å²) < 4.78 is 11.2. The second-order valence-corrected chi connectivity index (χ2v) is 5.65. The van der Waals surface area contributed by atoms with Crippen LogP contribution in [0.1, 0.15) is 21.9 Å². The second kappa shape index (κ2) is 7.22. The summed E-state index contributed by atoms with van der Waals surface area (Å²) in [6.45, 7) is 1.50. The molecule has 0 radical (unpaired) electrons. The van der Waals surface area contributed by atoms with E-state index in [0.717, 1.165) is 10.1 Å². The zero-order valence-electron chi connectivity index (χ0n) is 14.3. The Morgan fingerprint density at radius 1 is 1.31 bits per heavy atom. The highest BCUT2D eigenvalue weighted by atomic mass is 16.5. The molecule has 3 aromatic rings. The fourth-order valence-electron chi connectivity index (χ4n) is 2.56. The molecule has 0 aliphatic carbocycles. The van der Waals surface area contributed by atoms with Gasteiger partial charge in [-0.3, -0.25) is 9.59 Å². The minimum Gasteiger partial charge on any atom is -0.465 e. The lowest BCUT2D eigenvalue weighted by atomic mass is 10.2. The monoisotopic (exact) mass is 355 g/mol. The predicted molar refractivity (Wildman–Crippen MR) is 92.6 cm³/mol. The summed E-state index contributed by atoms with van der Waals surface area (Å²) >= 11 is 0. The quantitative estimate of drug-likeness (QED) is 0.694. The number of methoxy groups -OCH3 is 1. The maximum absolute atomic E-state index is 12.3. The predicted octanol–water partition coefficient (Wildman–Crippen LogP) is 1.40. The molecule has 0 unspecified atom stereocenters. The van der Waals surface area contributed by atoms with Crippen LogP contribution in [0.25, 0.3) is 10.8 Å². The van der Waals surface area contributed by atoms with Crippen molar-refractivity contribution in [2.45, 2.75) is 20.0 Å². The molecule has 0 aliphatic heterocycles. The van der Waals surface area contributed by atoms with E-state index in [9.17, 15) is 14.4 Å². The molecule has 0 spiro atoms. The number of benzene rings is 1. The summed E-state index contributed by atoms with van der Waals surface area (Å²) in [5, 5.41) is 7.87. The van der Waals surface area contributed by atoms with Crippen molar-refractivity contribution in [3.05, 3.63) is 64.0 Å². The molecule has 0 bridgehead atoms.